The number of ether oxygens (including phenoxy) is 1. The molecule has 0 unspecified atom stereocenters. The number of carbonyl (C=O) groups is 2. The van der Waals surface area contributed by atoms with E-state index in [9.17, 15) is 18.0 Å². The molecule has 3 rings (SSSR count). The molecule has 0 bridgehead atoms. The first-order chi connectivity index (χ1) is 13.3. The SMILES string of the molecule is Cc1cc(NC(=O)C(=O)Nc2cc(S(=O)(=O)N3CCOCC3)ccc2Cl)no1. The highest BCUT2D eigenvalue weighted by atomic mass is 35.5. The number of halogens is 1. The maximum absolute atomic E-state index is 12.7. The molecule has 0 saturated carbocycles. The number of aryl methyl sites for hydroxylation is 1. The molecule has 0 radical (unpaired) electrons. The fourth-order valence-electron chi connectivity index (χ4n) is 2.47. The number of aromatic nitrogens is 1. The normalized spacial score (nSPS) is 15.2. The van der Waals surface area contributed by atoms with Crippen LogP contribution in [0.1, 0.15) is 5.76 Å². The zero-order valence-corrected chi connectivity index (χ0v) is 16.3. The lowest BCUT2D eigenvalue weighted by molar-refractivity contribution is -0.133. The van der Waals surface area contributed by atoms with Gasteiger partial charge in [-0.25, -0.2) is 8.42 Å². The molecule has 2 aromatic rings. The Bertz CT molecular complexity index is 1000. The second-order valence-corrected chi connectivity index (χ2v) is 8.23. The number of hydrogen-bond donors (Lipinski definition) is 2. The Balaban J connectivity index is 1.75. The van der Waals surface area contributed by atoms with Crippen molar-refractivity contribution < 1.29 is 27.3 Å². The Morgan fingerprint density at radius 3 is 2.46 bits per heavy atom. The predicted octanol–water partition coefficient (Wildman–Crippen LogP) is 1.23. The molecule has 2 amide bonds. The molecule has 1 fully saturated rings. The summed E-state index contributed by atoms with van der Waals surface area (Å²) in [5.41, 5.74) is -0.00696. The van der Waals surface area contributed by atoms with Gasteiger partial charge in [0.1, 0.15) is 5.76 Å². The highest BCUT2D eigenvalue weighted by molar-refractivity contribution is 7.89. The van der Waals surface area contributed by atoms with Crippen molar-refractivity contribution in [2.75, 3.05) is 36.9 Å². The number of amides is 2. The molecule has 1 aliphatic heterocycles. The highest BCUT2D eigenvalue weighted by Crippen LogP contribution is 2.27. The lowest BCUT2D eigenvalue weighted by Crippen LogP contribution is -2.40. The van der Waals surface area contributed by atoms with Crippen LogP contribution in [-0.4, -0.2) is 56.0 Å². The number of carbonyl (C=O) groups excluding carboxylic acids is 2. The molecular weight excluding hydrogens is 412 g/mol. The fourth-order valence-corrected chi connectivity index (χ4v) is 4.07. The maximum Gasteiger partial charge on any atom is 0.315 e. The van der Waals surface area contributed by atoms with E-state index in [2.05, 4.69) is 15.8 Å². The third kappa shape index (κ3) is 4.50. The van der Waals surface area contributed by atoms with Gasteiger partial charge in [0.15, 0.2) is 5.82 Å². The first-order valence-corrected chi connectivity index (χ1v) is 10.0. The minimum atomic E-state index is -3.78. The van der Waals surface area contributed by atoms with Gasteiger partial charge in [0.05, 0.1) is 28.8 Å². The molecule has 10 nitrogen and oxygen atoms in total. The van der Waals surface area contributed by atoms with Crippen molar-refractivity contribution in [2.45, 2.75) is 11.8 Å². The van der Waals surface area contributed by atoms with Gasteiger partial charge in [0, 0.05) is 19.2 Å². The van der Waals surface area contributed by atoms with Crippen LogP contribution in [0.25, 0.3) is 0 Å². The van der Waals surface area contributed by atoms with Crippen LogP contribution in [0.4, 0.5) is 11.5 Å². The molecule has 0 spiro atoms. The van der Waals surface area contributed by atoms with E-state index in [4.69, 9.17) is 20.9 Å². The van der Waals surface area contributed by atoms with E-state index in [0.29, 0.717) is 19.0 Å². The number of benzene rings is 1. The van der Waals surface area contributed by atoms with Crippen molar-refractivity contribution in [3.05, 3.63) is 35.0 Å². The van der Waals surface area contributed by atoms with Gasteiger partial charge in [-0.05, 0) is 25.1 Å². The smallest absolute Gasteiger partial charge is 0.315 e. The van der Waals surface area contributed by atoms with E-state index in [1.54, 1.807) is 6.92 Å². The van der Waals surface area contributed by atoms with Gasteiger partial charge in [0.2, 0.25) is 10.0 Å². The first kappa shape index (κ1) is 20.3. The average molecular weight is 429 g/mol. The van der Waals surface area contributed by atoms with Gasteiger partial charge >= 0.3 is 11.8 Å². The van der Waals surface area contributed by atoms with Crippen molar-refractivity contribution in [1.82, 2.24) is 9.46 Å². The molecular formula is C16H17ClN4O6S. The van der Waals surface area contributed by atoms with E-state index in [0.717, 1.165) is 0 Å². The predicted molar refractivity (Wildman–Crippen MR) is 99.5 cm³/mol. The molecule has 1 aliphatic rings. The lowest BCUT2D eigenvalue weighted by Gasteiger charge is -2.26. The Hall–Kier alpha value is -2.47. The summed E-state index contributed by atoms with van der Waals surface area (Å²) in [7, 11) is -3.78. The quantitative estimate of drug-likeness (QED) is 0.700. The number of nitrogens with one attached hydrogen (secondary N) is 2. The molecule has 150 valence electrons. The number of hydrogen-bond acceptors (Lipinski definition) is 7. The zero-order valence-electron chi connectivity index (χ0n) is 14.8. The topological polar surface area (TPSA) is 131 Å². The standard InChI is InChI=1S/C16H17ClN4O6S/c1-10-8-14(20-27-10)19-16(23)15(22)18-13-9-11(2-3-12(13)17)28(24,25)21-4-6-26-7-5-21/h2-3,8-9H,4-7H2,1H3,(H,18,22)(H,19,20,23). The summed E-state index contributed by atoms with van der Waals surface area (Å²) < 4.78 is 36.7. The molecule has 1 aromatic carbocycles. The van der Waals surface area contributed by atoms with Crippen LogP contribution in [0.2, 0.25) is 5.02 Å². The number of nitrogens with zero attached hydrogens (tertiary/aromatic N) is 2. The molecule has 0 aliphatic carbocycles. The average Bonchev–Trinajstić information content (AvgIpc) is 3.08. The maximum atomic E-state index is 12.7. The molecule has 2 heterocycles. The van der Waals surface area contributed by atoms with Gasteiger partial charge in [-0.3, -0.25) is 14.9 Å². The number of morpholine rings is 1. The summed E-state index contributed by atoms with van der Waals surface area (Å²) in [6, 6.07) is 5.32. The number of sulfonamides is 1. The summed E-state index contributed by atoms with van der Waals surface area (Å²) in [5, 5.41) is 8.20. The van der Waals surface area contributed by atoms with Crippen LogP contribution < -0.4 is 10.6 Å². The van der Waals surface area contributed by atoms with Crippen LogP contribution in [0.15, 0.2) is 33.7 Å². The van der Waals surface area contributed by atoms with E-state index >= 15 is 0 Å². The second-order valence-electron chi connectivity index (χ2n) is 5.89. The molecule has 0 atom stereocenters. The second kappa shape index (κ2) is 8.27. The van der Waals surface area contributed by atoms with E-state index in [1.165, 1.54) is 28.6 Å². The number of anilines is 2. The van der Waals surface area contributed by atoms with Crippen molar-refractivity contribution in [2.24, 2.45) is 0 Å². The van der Waals surface area contributed by atoms with Gasteiger partial charge < -0.3 is 14.6 Å². The van der Waals surface area contributed by atoms with E-state index in [1.807, 2.05) is 0 Å². The fraction of sp³-hybridized carbons (Fsp3) is 0.312. The van der Waals surface area contributed by atoms with Crippen LogP contribution in [0.5, 0.6) is 0 Å². The first-order valence-electron chi connectivity index (χ1n) is 8.20. The van der Waals surface area contributed by atoms with Crippen LogP contribution in [-0.2, 0) is 24.3 Å². The summed E-state index contributed by atoms with van der Waals surface area (Å²) in [6.07, 6.45) is 0. The largest absolute Gasteiger partial charge is 0.379 e. The molecule has 1 saturated heterocycles. The van der Waals surface area contributed by atoms with Gasteiger partial charge in [0.25, 0.3) is 0 Å². The molecule has 2 N–H and O–H groups in total. The summed E-state index contributed by atoms with van der Waals surface area (Å²) >= 11 is 6.04. The molecule has 12 heteroatoms. The van der Waals surface area contributed by atoms with Crippen molar-refractivity contribution in [3.63, 3.8) is 0 Å². The van der Waals surface area contributed by atoms with E-state index in [-0.39, 0.29) is 34.5 Å². The zero-order chi connectivity index (χ0) is 20.3. The van der Waals surface area contributed by atoms with Gasteiger partial charge in [-0.15, -0.1) is 0 Å². The van der Waals surface area contributed by atoms with Crippen molar-refractivity contribution in [3.8, 4) is 0 Å². The van der Waals surface area contributed by atoms with E-state index < -0.39 is 21.8 Å². The minimum absolute atomic E-state index is 0.00696. The van der Waals surface area contributed by atoms with Crippen molar-refractivity contribution in [1.29, 1.82) is 0 Å². The van der Waals surface area contributed by atoms with Gasteiger partial charge in [-0.1, -0.05) is 16.8 Å². The lowest BCUT2D eigenvalue weighted by atomic mass is 10.3. The summed E-state index contributed by atoms with van der Waals surface area (Å²) in [4.78, 5) is 24.0. The summed E-state index contributed by atoms with van der Waals surface area (Å²) in [6.45, 7) is 2.69. The van der Waals surface area contributed by atoms with Crippen LogP contribution >= 0.6 is 11.6 Å². The van der Waals surface area contributed by atoms with Gasteiger partial charge in [-0.2, -0.15) is 4.31 Å². The highest BCUT2D eigenvalue weighted by Gasteiger charge is 2.27. The third-order valence-corrected chi connectivity index (χ3v) is 6.09. The Morgan fingerprint density at radius 2 is 1.82 bits per heavy atom. The minimum Gasteiger partial charge on any atom is -0.379 e. The Kier molecular flexibility index (Phi) is 5.98. The van der Waals surface area contributed by atoms with Crippen LogP contribution in [0, 0.1) is 6.92 Å². The molecule has 1 aromatic heterocycles. The third-order valence-electron chi connectivity index (χ3n) is 3.87. The number of rotatable bonds is 4. The van der Waals surface area contributed by atoms with Crippen molar-refractivity contribution >= 4 is 44.9 Å². The Morgan fingerprint density at radius 1 is 1.14 bits per heavy atom. The molecule has 28 heavy (non-hydrogen) atoms. The summed E-state index contributed by atoms with van der Waals surface area (Å²) in [5.74, 6) is -1.51. The monoisotopic (exact) mass is 428 g/mol. The van der Waals surface area contributed by atoms with Crippen LogP contribution in [0.3, 0.4) is 0 Å². The Labute approximate surface area is 165 Å².